The highest BCUT2D eigenvalue weighted by Crippen LogP contribution is 2.20. The molecule has 0 aliphatic carbocycles. The van der Waals surface area contributed by atoms with Crippen LogP contribution in [0.15, 0.2) is 12.5 Å². The van der Waals surface area contributed by atoms with E-state index in [4.69, 9.17) is 5.73 Å². The Bertz CT molecular complexity index is 393. The maximum absolute atomic E-state index is 6.31. The summed E-state index contributed by atoms with van der Waals surface area (Å²) < 4.78 is 2.26. The van der Waals surface area contributed by atoms with E-state index in [1.165, 1.54) is 38.2 Å². The largest absolute Gasteiger partial charge is 0.333 e. The number of imidazole rings is 1. The van der Waals surface area contributed by atoms with Crippen LogP contribution in [-0.4, -0.2) is 34.1 Å². The lowest BCUT2D eigenvalue weighted by atomic mass is 10.0. The van der Waals surface area contributed by atoms with E-state index in [2.05, 4.69) is 35.2 Å². The molecule has 0 bridgehead atoms. The molecule has 20 heavy (non-hydrogen) atoms. The zero-order valence-electron chi connectivity index (χ0n) is 13.3. The molecule has 1 aliphatic rings. The summed E-state index contributed by atoms with van der Waals surface area (Å²) in [4.78, 5) is 6.88. The minimum atomic E-state index is 0.108. The molecular weight excluding hydrogens is 248 g/mol. The van der Waals surface area contributed by atoms with Gasteiger partial charge in [-0.1, -0.05) is 20.8 Å². The monoisotopic (exact) mass is 278 g/mol. The van der Waals surface area contributed by atoms with E-state index in [1.807, 2.05) is 12.5 Å². The van der Waals surface area contributed by atoms with Gasteiger partial charge in [0.05, 0.1) is 12.0 Å². The second kappa shape index (κ2) is 7.23. The van der Waals surface area contributed by atoms with Crippen LogP contribution in [-0.2, 0) is 6.54 Å². The highest BCUT2D eigenvalue weighted by atomic mass is 15.1. The predicted molar refractivity (Wildman–Crippen MR) is 83.4 cm³/mol. The molecule has 1 fully saturated rings. The molecule has 0 aromatic carbocycles. The first-order valence-corrected chi connectivity index (χ1v) is 8.04. The number of hydrogen-bond acceptors (Lipinski definition) is 3. The van der Waals surface area contributed by atoms with Crippen LogP contribution in [0, 0.1) is 11.8 Å². The Labute approximate surface area is 123 Å². The summed E-state index contributed by atoms with van der Waals surface area (Å²) in [5.74, 6) is 1.27. The second-order valence-electron chi connectivity index (χ2n) is 6.82. The first kappa shape index (κ1) is 15.5. The summed E-state index contributed by atoms with van der Waals surface area (Å²) in [7, 11) is 0. The van der Waals surface area contributed by atoms with Crippen LogP contribution in [0.5, 0.6) is 0 Å². The Morgan fingerprint density at radius 1 is 1.20 bits per heavy atom. The molecule has 0 radical (unpaired) electrons. The average molecular weight is 278 g/mol. The smallest absolute Gasteiger partial charge is 0.0948 e. The third-order valence-corrected chi connectivity index (χ3v) is 4.13. The molecule has 1 aliphatic heterocycles. The molecule has 1 aromatic heterocycles. The maximum Gasteiger partial charge on any atom is 0.0948 e. The average Bonchev–Trinajstić information content (AvgIpc) is 2.99. The lowest BCUT2D eigenvalue weighted by Gasteiger charge is -2.22. The maximum atomic E-state index is 6.31. The minimum absolute atomic E-state index is 0.108. The molecule has 2 unspecified atom stereocenters. The molecule has 0 spiro atoms. The fourth-order valence-electron chi connectivity index (χ4n) is 3.22. The molecule has 114 valence electrons. The third-order valence-electron chi connectivity index (χ3n) is 4.13. The highest BCUT2D eigenvalue weighted by molar-refractivity contribution is 5.04. The van der Waals surface area contributed by atoms with Crippen molar-refractivity contribution in [2.45, 2.75) is 52.6 Å². The van der Waals surface area contributed by atoms with Crippen LogP contribution < -0.4 is 5.73 Å². The van der Waals surface area contributed by atoms with Crippen LogP contribution in [0.4, 0.5) is 0 Å². The van der Waals surface area contributed by atoms with Crippen molar-refractivity contribution in [3.05, 3.63) is 18.2 Å². The van der Waals surface area contributed by atoms with E-state index >= 15 is 0 Å². The second-order valence-corrected chi connectivity index (χ2v) is 6.82. The van der Waals surface area contributed by atoms with Crippen molar-refractivity contribution in [3.63, 3.8) is 0 Å². The third kappa shape index (κ3) is 4.32. The van der Waals surface area contributed by atoms with Gasteiger partial charge in [-0.3, -0.25) is 0 Å². The van der Waals surface area contributed by atoms with Crippen molar-refractivity contribution in [2.24, 2.45) is 17.6 Å². The van der Waals surface area contributed by atoms with E-state index < -0.39 is 0 Å². The molecule has 1 aromatic rings. The van der Waals surface area contributed by atoms with Crippen molar-refractivity contribution in [3.8, 4) is 0 Å². The van der Waals surface area contributed by atoms with Crippen molar-refractivity contribution < 1.29 is 0 Å². The zero-order valence-corrected chi connectivity index (χ0v) is 13.3. The number of likely N-dealkylation sites (tertiary alicyclic amines) is 1. The number of nitrogens with two attached hydrogens (primary N) is 1. The molecular formula is C16H30N4. The molecule has 4 nitrogen and oxygen atoms in total. The van der Waals surface area contributed by atoms with Gasteiger partial charge >= 0.3 is 0 Å². The molecule has 2 N–H and O–H groups in total. The van der Waals surface area contributed by atoms with Gasteiger partial charge in [-0.15, -0.1) is 0 Å². The van der Waals surface area contributed by atoms with Gasteiger partial charge in [0.25, 0.3) is 0 Å². The van der Waals surface area contributed by atoms with Crippen molar-refractivity contribution in [2.75, 3.05) is 19.6 Å². The van der Waals surface area contributed by atoms with Gasteiger partial charge in [0, 0.05) is 25.3 Å². The number of rotatable bonds is 7. The summed E-state index contributed by atoms with van der Waals surface area (Å²) in [6, 6.07) is 0.108. The van der Waals surface area contributed by atoms with Crippen LogP contribution in [0.2, 0.25) is 0 Å². The Hall–Kier alpha value is -0.870. The lowest BCUT2D eigenvalue weighted by molar-refractivity contribution is 0.269. The molecule has 2 atom stereocenters. The summed E-state index contributed by atoms with van der Waals surface area (Å²) in [6.07, 6.45) is 7.63. The summed E-state index contributed by atoms with van der Waals surface area (Å²) in [6.45, 7) is 11.5. The SMILES string of the molecule is CC(C)CC(N)c1cncn1CC(C)CN1CCCC1. The summed E-state index contributed by atoms with van der Waals surface area (Å²) in [5.41, 5.74) is 7.50. The fraction of sp³-hybridized carbons (Fsp3) is 0.812. The number of nitrogens with zero attached hydrogens (tertiary/aromatic N) is 3. The van der Waals surface area contributed by atoms with Gasteiger partial charge in [0.1, 0.15) is 0 Å². The molecule has 1 saturated heterocycles. The number of aromatic nitrogens is 2. The molecule has 2 heterocycles. The van der Waals surface area contributed by atoms with Crippen LogP contribution in [0.1, 0.15) is 51.8 Å². The van der Waals surface area contributed by atoms with Gasteiger partial charge in [-0.25, -0.2) is 4.98 Å². The first-order chi connectivity index (χ1) is 9.56. The van der Waals surface area contributed by atoms with E-state index in [9.17, 15) is 0 Å². The molecule has 2 rings (SSSR count). The Morgan fingerprint density at radius 2 is 1.90 bits per heavy atom. The van der Waals surface area contributed by atoms with Crippen molar-refractivity contribution in [1.29, 1.82) is 0 Å². The van der Waals surface area contributed by atoms with E-state index in [0.717, 1.165) is 13.0 Å². The molecule has 4 heteroatoms. The zero-order chi connectivity index (χ0) is 14.5. The summed E-state index contributed by atoms with van der Waals surface area (Å²) >= 11 is 0. The van der Waals surface area contributed by atoms with Crippen LogP contribution in [0.3, 0.4) is 0 Å². The van der Waals surface area contributed by atoms with Crippen LogP contribution >= 0.6 is 0 Å². The van der Waals surface area contributed by atoms with Crippen molar-refractivity contribution >= 4 is 0 Å². The Kier molecular flexibility index (Phi) is 5.61. The predicted octanol–water partition coefficient (Wildman–Crippen LogP) is 2.66. The summed E-state index contributed by atoms with van der Waals surface area (Å²) in [5, 5.41) is 0. The van der Waals surface area contributed by atoms with E-state index in [0.29, 0.717) is 11.8 Å². The Balaban J connectivity index is 1.90. The van der Waals surface area contributed by atoms with Gasteiger partial charge in [-0.2, -0.15) is 0 Å². The van der Waals surface area contributed by atoms with Gasteiger partial charge in [-0.05, 0) is 44.2 Å². The fourth-order valence-corrected chi connectivity index (χ4v) is 3.22. The van der Waals surface area contributed by atoms with Crippen molar-refractivity contribution in [1.82, 2.24) is 14.5 Å². The Morgan fingerprint density at radius 3 is 2.55 bits per heavy atom. The minimum Gasteiger partial charge on any atom is -0.333 e. The molecule has 0 amide bonds. The van der Waals surface area contributed by atoms with Crippen LogP contribution in [0.25, 0.3) is 0 Å². The lowest BCUT2D eigenvalue weighted by Crippen LogP contribution is -2.28. The normalized spacial score (nSPS) is 19.6. The quantitative estimate of drug-likeness (QED) is 0.834. The molecule has 0 saturated carbocycles. The van der Waals surface area contributed by atoms with Gasteiger partial charge in [0.15, 0.2) is 0 Å². The van der Waals surface area contributed by atoms with Gasteiger partial charge < -0.3 is 15.2 Å². The number of hydrogen-bond donors (Lipinski definition) is 1. The van der Waals surface area contributed by atoms with E-state index in [1.54, 1.807) is 0 Å². The standard InChI is InChI=1S/C16H30N4/c1-13(2)8-15(17)16-9-18-12-20(16)11-14(3)10-19-6-4-5-7-19/h9,12-15H,4-8,10-11,17H2,1-3H3. The van der Waals surface area contributed by atoms with Gasteiger partial charge in [0.2, 0.25) is 0 Å². The first-order valence-electron chi connectivity index (χ1n) is 8.04. The topological polar surface area (TPSA) is 47.1 Å². The van der Waals surface area contributed by atoms with E-state index in [-0.39, 0.29) is 6.04 Å². The highest BCUT2D eigenvalue weighted by Gasteiger charge is 2.17.